The van der Waals surface area contributed by atoms with Crippen molar-refractivity contribution >= 4 is 5.91 Å². The monoisotopic (exact) mass is 305 g/mol. The van der Waals surface area contributed by atoms with Crippen molar-refractivity contribution in [1.29, 1.82) is 0 Å². The quantitative estimate of drug-likeness (QED) is 0.877. The number of rotatable bonds is 3. The molecule has 0 aromatic carbocycles. The summed E-state index contributed by atoms with van der Waals surface area (Å²) in [5, 5.41) is 3.00. The standard InChI is InChI=1S/C16H23N3O3/c1-10-13(15(21)18-11(2)17-10)7-14(20)19-12-8-16(22-9-12)5-3-4-6-16/h12H,3-9H2,1-2H3,(H,19,20)(H,17,18,21)/t12-/m0/s1. The summed E-state index contributed by atoms with van der Waals surface area (Å²) in [6, 6.07) is 0.0587. The van der Waals surface area contributed by atoms with Gasteiger partial charge >= 0.3 is 0 Å². The van der Waals surface area contributed by atoms with Crippen LogP contribution in [0.4, 0.5) is 0 Å². The van der Waals surface area contributed by atoms with Crippen molar-refractivity contribution in [2.45, 2.75) is 64.0 Å². The molecule has 6 heteroatoms. The summed E-state index contributed by atoms with van der Waals surface area (Å²) in [4.78, 5) is 31.0. The van der Waals surface area contributed by atoms with Crippen LogP contribution in [-0.4, -0.2) is 34.1 Å². The van der Waals surface area contributed by atoms with E-state index in [2.05, 4.69) is 15.3 Å². The molecule has 2 aliphatic rings. The average molecular weight is 305 g/mol. The molecule has 120 valence electrons. The smallest absolute Gasteiger partial charge is 0.254 e. The van der Waals surface area contributed by atoms with Gasteiger partial charge in [-0.1, -0.05) is 12.8 Å². The lowest BCUT2D eigenvalue weighted by molar-refractivity contribution is -0.121. The molecular formula is C16H23N3O3. The van der Waals surface area contributed by atoms with E-state index in [1.54, 1.807) is 13.8 Å². The van der Waals surface area contributed by atoms with E-state index in [0.717, 1.165) is 19.3 Å². The minimum atomic E-state index is -0.227. The molecule has 2 N–H and O–H groups in total. The van der Waals surface area contributed by atoms with Crippen molar-refractivity contribution in [1.82, 2.24) is 15.3 Å². The Kier molecular flexibility index (Phi) is 4.04. The molecule has 2 fully saturated rings. The molecule has 6 nitrogen and oxygen atoms in total. The zero-order chi connectivity index (χ0) is 15.7. The second kappa shape index (κ2) is 5.83. The molecule has 0 radical (unpaired) electrons. The lowest BCUT2D eigenvalue weighted by Crippen LogP contribution is -2.38. The molecule has 1 aromatic rings. The number of amides is 1. The minimum Gasteiger partial charge on any atom is -0.373 e. The van der Waals surface area contributed by atoms with E-state index in [1.807, 2.05) is 0 Å². The summed E-state index contributed by atoms with van der Waals surface area (Å²) in [5.41, 5.74) is 0.829. The van der Waals surface area contributed by atoms with E-state index < -0.39 is 0 Å². The van der Waals surface area contributed by atoms with Gasteiger partial charge in [0.1, 0.15) is 5.82 Å². The normalized spacial score (nSPS) is 23.1. The Morgan fingerprint density at radius 2 is 2.14 bits per heavy atom. The van der Waals surface area contributed by atoms with Gasteiger partial charge in [0.05, 0.1) is 24.7 Å². The van der Waals surface area contributed by atoms with Gasteiger partial charge in [0.2, 0.25) is 5.91 Å². The number of hydrogen-bond donors (Lipinski definition) is 2. The van der Waals surface area contributed by atoms with Gasteiger partial charge in [-0.25, -0.2) is 4.98 Å². The second-order valence-corrected chi connectivity index (χ2v) is 6.56. The van der Waals surface area contributed by atoms with Crippen LogP contribution in [0.25, 0.3) is 0 Å². The molecule has 2 heterocycles. The van der Waals surface area contributed by atoms with Crippen LogP contribution in [0.1, 0.15) is 49.2 Å². The van der Waals surface area contributed by atoms with Crippen molar-refractivity contribution in [3.63, 3.8) is 0 Å². The first-order chi connectivity index (χ1) is 10.5. The number of nitrogens with zero attached hydrogens (tertiary/aromatic N) is 1. The van der Waals surface area contributed by atoms with Crippen molar-refractivity contribution in [2.75, 3.05) is 6.61 Å². The number of H-pyrrole nitrogens is 1. The van der Waals surface area contributed by atoms with Gasteiger partial charge in [0, 0.05) is 11.3 Å². The summed E-state index contributed by atoms with van der Waals surface area (Å²) in [7, 11) is 0. The first-order valence-electron chi connectivity index (χ1n) is 7.97. The van der Waals surface area contributed by atoms with Crippen molar-refractivity contribution < 1.29 is 9.53 Å². The Morgan fingerprint density at radius 1 is 1.41 bits per heavy atom. The number of aromatic amines is 1. The molecule has 1 aliphatic carbocycles. The lowest BCUT2D eigenvalue weighted by Gasteiger charge is -2.21. The van der Waals surface area contributed by atoms with E-state index in [0.29, 0.717) is 23.7 Å². The number of carbonyl (C=O) groups excluding carboxylic acids is 1. The predicted molar refractivity (Wildman–Crippen MR) is 81.7 cm³/mol. The summed E-state index contributed by atoms with van der Waals surface area (Å²) in [6.07, 6.45) is 5.58. The molecule has 1 aromatic heterocycles. The van der Waals surface area contributed by atoms with Gasteiger partial charge in [0.15, 0.2) is 0 Å². The first kappa shape index (κ1) is 15.2. The molecule has 1 saturated heterocycles. The van der Waals surface area contributed by atoms with Crippen LogP contribution in [0.2, 0.25) is 0 Å². The lowest BCUT2D eigenvalue weighted by atomic mass is 9.96. The number of ether oxygens (including phenoxy) is 1. The number of aryl methyl sites for hydroxylation is 2. The average Bonchev–Trinajstić information content (AvgIpc) is 3.05. The van der Waals surface area contributed by atoms with Gasteiger partial charge in [-0.15, -0.1) is 0 Å². The summed E-state index contributed by atoms with van der Waals surface area (Å²) >= 11 is 0. The highest BCUT2D eigenvalue weighted by Crippen LogP contribution is 2.40. The largest absolute Gasteiger partial charge is 0.373 e. The van der Waals surface area contributed by atoms with E-state index in [9.17, 15) is 9.59 Å². The van der Waals surface area contributed by atoms with Gasteiger partial charge in [-0.2, -0.15) is 0 Å². The summed E-state index contributed by atoms with van der Waals surface area (Å²) in [5.74, 6) is 0.432. The Labute approximate surface area is 129 Å². The van der Waals surface area contributed by atoms with Crippen LogP contribution in [0.5, 0.6) is 0 Å². The third-order valence-corrected chi connectivity index (χ3v) is 4.77. The Morgan fingerprint density at radius 3 is 2.82 bits per heavy atom. The van der Waals surface area contributed by atoms with Crippen LogP contribution in [0.3, 0.4) is 0 Å². The van der Waals surface area contributed by atoms with Gasteiger partial charge in [-0.05, 0) is 33.1 Å². The molecule has 1 atom stereocenters. The van der Waals surface area contributed by atoms with Crippen molar-refractivity contribution in [3.05, 3.63) is 27.4 Å². The maximum atomic E-state index is 12.2. The van der Waals surface area contributed by atoms with Crippen LogP contribution in [0.15, 0.2) is 4.79 Å². The zero-order valence-corrected chi connectivity index (χ0v) is 13.2. The van der Waals surface area contributed by atoms with Gasteiger partial charge in [0.25, 0.3) is 5.56 Å². The second-order valence-electron chi connectivity index (χ2n) is 6.56. The fraction of sp³-hybridized carbons (Fsp3) is 0.688. The molecule has 0 bridgehead atoms. The Balaban J connectivity index is 1.61. The van der Waals surface area contributed by atoms with Gasteiger partial charge < -0.3 is 15.0 Å². The SMILES string of the molecule is Cc1nc(C)c(CC(=O)N[C@@H]2COC3(CCCC3)C2)c(=O)[nH]1. The van der Waals surface area contributed by atoms with Gasteiger partial charge in [-0.3, -0.25) is 9.59 Å². The first-order valence-corrected chi connectivity index (χ1v) is 7.97. The number of carbonyl (C=O) groups is 1. The van der Waals surface area contributed by atoms with E-state index >= 15 is 0 Å². The zero-order valence-electron chi connectivity index (χ0n) is 13.2. The highest BCUT2D eigenvalue weighted by molar-refractivity contribution is 5.79. The van der Waals surface area contributed by atoms with Crippen LogP contribution >= 0.6 is 0 Å². The van der Waals surface area contributed by atoms with Crippen LogP contribution in [0, 0.1) is 13.8 Å². The molecule has 1 spiro atoms. The summed E-state index contributed by atoms with van der Waals surface area (Å²) in [6.45, 7) is 4.07. The molecule has 1 aliphatic heterocycles. The third-order valence-electron chi connectivity index (χ3n) is 4.77. The molecule has 3 rings (SSSR count). The number of aromatic nitrogens is 2. The van der Waals surface area contributed by atoms with E-state index in [-0.39, 0.29) is 29.5 Å². The van der Waals surface area contributed by atoms with Crippen LogP contribution in [-0.2, 0) is 16.0 Å². The fourth-order valence-corrected chi connectivity index (χ4v) is 3.70. The molecular weight excluding hydrogens is 282 g/mol. The highest BCUT2D eigenvalue weighted by Gasteiger charge is 2.42. The maximum absolute atomic E-state index is 12.2. The molecule has 0 unspecified atom stereocenters. The Bertz CT molecular complexity index is 632. The molecule has 1 amide bonds. The maximum Gasteiger partial charge on any atom is 0.254 e. The molecule has 1 saturated carbocycles. The predicted octanol–water partition coefficient (Wildman–Crippen LogP) is 1.15. The number of nitrogens with one attached hydrogen (secondary N) is 2. The third kappa shape index (κ3) is 3.06. The van der Waals surface area contributed by atoms with E-state index in [1.165, 1.54) is 12.8 Å². The van der Waals surface area contributed by atoms with Crippen molar-refractivity contribution in [2.24, 2.45) is 0 Å². The Hall–Kier alpha value is -1.69. The minimum absolute atomic E-state index is 0.00322. The highest BCUT2D eigenvalue weighted by atomic mass is 16.5. The number of hydrogen-bond acceptors (Lipinski definition) is 4. The summed E-state index contributed by atoms with van der Waals surface area (Å²) < 4.78 is 5.93. The van der Waals surface area contributed by atoms with E-state index in [4.69, 9.17) is 4.74 Å². The topological polar surface area (TPSA) is 84.1 Å². The van der Waals surface area contributed by atoms with Crippen LogP contribution < -0.4 is 10.9 Å². The fourth-order valence-electron chi connectivity index (χ4n) is 3.70. The molecule has 22 heavy (non-hydrogen) atoms. The van der Waals surface area contributed by atoms with Crippen molar-refractivity contribution in [3.8, 4) is 0 Å².